The fourth-order valence-electron chi connectivity index (χ4n) is 4.83. The molecule has 1 amide bonds. The van der Waals surface area contributed by atoms with Crippen molar-refractivity contribution in [2.24, 2.45) is 0 Å². The maximum atomic E-state index is 11.8. The molecular weight excluding hydrogens is 402 g/mol. The molecule has 2 heterocycles. The number of hydrogen-bond acceptors (Lipinski definition) is 5. The summed E-state index contributed by atoms with van der Waals surface area (Å²) in [4.78, 5) is 18.7. The predicted octanol–water partition coefficient (Wildman–Crippen LogP) is 3.23. The molecule has 0 bridgehead atoms. The summed E-state index contributed by atoms with van der Waals surface area (Å²) in [7, 11) is 1.67. The number of fused-ring (bicyclic) bond motifs is 1. The van der Waals surface area contributed by atoms with Gasteiger partial charge in [-0.05, 0) is 49.1 Å². The molecule has 1 unspecified atom stereocenters. The van der Waals surface area contributed by atoms with Crippen molar-refractivity contribution in [3.8, 4) is 11.5 Å². The van der Waals surface area contributed by atoms with Gasteiger partial charge in [0.2, 0.25) is 5.91 Å². The lowest BCUT2D eigenvalue weighted by Crippen LogP contribution is -2.50. The van der Waals surface area contributed by atoms with Crippen LogP contribution in [0.5, 0.6) is 11.5 Å². The number of ether oxygens (including phenoxy) is 2. The first-order valence-electron chi connectivity index (χ1n) is 11.7. The van der Waals surface area contributed by atoms with Gasteiger partial charge in [-0.15, -0.1) is 0 Å². The molecule has 172 valence electrons. The van der Waals surface area contributed by atoms with Gasteiger partial charge in [-0.3, -0.25) is 14.6 Å². The highest BCUT2D eigenvalue weighted by Crippen LogP contribution is 2.29. The molecule has 1 atom stereocenters. The van der Waals surface area contributed by atoms with E-state index in [1.807, 2.05) is 29.2 Å². The quantitative estimate of drug-likeness (QED) is 0.635. The number of para-hydroxylation sites is 2. The molecule has 6 heteroatoms. The molecule has 4 rings (SSSR count). The molecule has 1 saturated heterocycles. The molecule has 2 aromatic carbocycles. The molecule has 2 aliphatic rings. The van der Waals surface area contributed by atoms with E-state index in [9.17, 15) is 4.79 Å². The summed E-state index contributed by atoms with van der Waals surface area (Å²) in [5.41, 5.74) is 3.77. The minimum absolute atomic E-state index is 0.135. The Hall–Kier alpha value is -2.57. The van der Waals surface area contributed by atoms with E-state index in [-0.39, 0.29) is 5.91 Å². The molecule has 2 aromatic rings. The van der Waals surface area contributed by atoms with Crippen molar-refractivity contribution >= 4 is 11.6 Å². The normalized spacial score (nSPS) is 17.8. The Morgan fingerprint density at radius 2 is 1.78 bits per heavy atom. The van der Waals surface area contributed by atoms with Gasteiger partial charge in [0.15, 0.2) is 11.5 Å². The maximum absolute atomic E-state index is 11.8. The van der Waals surface area contributed by atoms with Gasteiger partial charge in [-0.1, -0.05) is 24.3 Å². The number of carbonyl (C=O) groups is 1. The van der Waals surface area contributed by atoms with Crippen molar-refractivity contribution in [2.45, 2.75) is 32.7 Å². The molecule has 32 heavy (non-hydrogen) atoms. The Morgan fingerprint density at radius 1 is 1.03 bits per heavy atom. The van der Waals surface area contributed by atoms with Crippen molar-refractivity contribution in [1.82, 2.24) is 9.80 Å². The third kappa shape index (κ3) is 5.25. The molecule has 0 aromatic heterocycles. The smallest absolute Gasteiger partial charge is 0.223 e. The van der Waals surface area contributed by atoms with E-state index in [4.69, 9.17) is 9.47 Å². The molecule has 1 fully saturated rings. The summed E-state index contributed by atoms with van der Waals surface area (Å²) in [6.07, 6.45) is 2.01. The molecular formula is C26H35N3O3. The van der Waals surface area contributed by atoms with Crippen LogP contribution in [-0.2, 0) is 17.6 Å². The second-order valence-corrected chi connectivity index (χ2v) is 8.81. The van der Waals surface area contributed by atoms with Crippen LogP contribution in [0.25, 0.3) is 0 Å². The second-order valence-electron chi connectivity index (χ2n) is 8.81. The van der Waals surface area contributed by atoms with Gasteiger partial charge in [0.25, 0.3) is 0 Å². The predicted molar refractivity (Wildman–Crippen MR) is 128 cm³/mol. The topological polar surface area (TPSA) is 45.3 Å². The van der Waals surface area contributed by atoms with E-state index in [1.54, 1.807) is 14.0 Å². The number of nitrogens with zero attached hydrogens (tertiary/aromatic N) is 3. The molecule has 0 radical (unpaired) electrons. The molecule has 6 nitrogen and oxygen atoms in total. The van der Waals surface area contributed by atoms with Crippen LogP contribution in [0, 0.1) is 0 Å². The van der Waals surface area contributed by atoms with Crippen molar-refractivity contribution in [3.05, 3.63) is 53.6 Å². The third-order valence-electron chi connectivity index (χ3n) is 6.72. The van der Waals surface area contributed by atoms with Crippen LogP contribution in [-0.4, -0.2) is 74.7 Å². The lowest BCUT2D eigenvalue weighted by Gasteiger charge is -2.38. The first kappa shape index (κ1) is 22.6. The fraction of sp³-hybridized carbons (Fsp3) is 0.500. The van der Waals surface area contributed by atoms with E-state index in [0.717, 1.165) is 69.3 Å². The van der Waals surface area contributed by atoms with Crippen LogP contribution in [0.1, 0.15) is 25.0 Å². The number of rotatable bonds is 8. The van der Waals surface area contributed by atoms with Crippen molar-refractivity contribution < 1.29 is 14.3 Å². The average molecular weight is 438 g/mol. The summed E-state index contributed by atoms with van der Waals surface area (Å²) in [6.45, 7) is 10.7. The van der Waals surface area contributed by atoms with Gasteiger partial charge in [-0.25, -0.2) is 0 Å². The van der Waals surface area contributed by atoms with E-state index in [2.05, 4.69) is 34.9 Å². The number of piperazine rings is 1. The van der Waals surface area contributed by atoms with Gasteiger partial charge < -0.3 is 14.4 Å². The Balaban J connectivity index is 1.22. The van der Waals surface area contributed by atoms with Crippen molar-refractivity contribution in [3.63, 3.8) is 0 Å². The number of hydrogen-bond donors (Lipinski definition) is 0. The second kappa shape index (κ2) is 10.4. The molecule has 0 aliphatic carbocycles. The molecule has 0 N–H and O–H groups in total. The minimum Gasteiger partial charge on any atom is -0.493 e. The van der Waals surface area contributed by atoms with Crippen LogP contribution in [0.3, 0.4) is 0 Å². The Kier molecular flexibility index (Phi) is 7.33. The average Bonchev–Trinajstić information content (AvgIpc) is 3.23. The standard InChI is InChI=1S/C26H35N3O3/c1-20(18-22-8-9-24-23(19-22)10-11-29(24)21(2)30)28-14-12-27(13-15-28)16-17-32-26-7-5-4-6-25(26)31-3/h4-9,19-20H,10-18H2,1-3H3. The highest BCUT2D eigenvalue weighted by molar-refractivity contribution is 5.93. The number of methoxy groups -OCH3 is 1. The summed E-state index contributed by atoms with van der Waals surface area (Å²) >= 11 is 0. The van der Waals surface area contributed by atoms with E-state index >= 15 is 0 Å². The van der Waals surface area contributed by atoms with Gasteiger partial charge in [-0.2, -0.15) is 0 Å². The Bertz CT molecular complexity index is 924. The van der Waals surface area contributed by atoms with Crippen molar-refractivity contribution in [2.75, 3.05) is 57.9 Å². The molecule has 0 saturated carbocycles. The lowest BCUT2D eigenvalue weighted by atomic mass is 10.0. The zero-order valence-corrected chi connectivity index (χ0v) is 19.5. The van der Waals surface area contributed by atoms with Crippen LogP contribution in [0.2, 0.25) is 0 Å². The largest absolute Gasteiger partial charge is 0.493 e. The minimum atomic E-state index is 0.135. The fourth-order valence-corrected chi connectivity index (χ4v) is 4.83. The van der Waals surface area contributed by atoms with Gasteiger partial charge in [0, 0.05) is 57.9 Å². The summed E-state index contributed by atoms with van der Waals surface area (Å²) in [5, 5.41) is 0. The summed E-state index contributed by atoms with van der Waals surface area (Å²) in [6, 6.07) is 14.9. The van der Waals surface area contributed by atoms with Crippen LogP contribution >= 0.6 is 0 Å². The van der Waals surface area contributed by atoms with E-state index in [1.165, 1.54) is 11.1 Å². The van der Waals surface area contributed by atoms with Crippen LogP contribution in [0.4, 0.5) is 5.69 Å². The maximum Gasteiger partial charge on any atom is 0.223 e. The molecule has 2 aliphatic heterocycles. The Morgan fingerprint density at radius 3 is 2.50 bits per heavy atom. The SMILES string of the molecule is COc1ccccc1OCCN1CCN(C(C)Cc2ccc3c(c2)CCN3C(C)=O)CC1. The first-order valence-corrected chi connectivity index (χ1v) is 11.7. The number of anilines is 1. The lowest BCUT2D eigenvalue weighted by molar-refractivity contribution is -0.116. The highest BCUT2D eigenvalue weighted by atomic mass is 16.5. The molecule has 0 spiro atoms. The number of carbonyl (C=O) groups excluding carboxylic acids is 1. The van der Waals surface area contributed by atoms with Gasteiger partial charge in [0.05, 0.1) is 7.11 Å². The summed E-state index contributed by atoms with van der Waals surface area (Å²) < 4.78 is 11.3. The van der Waals surface area contributed by atoms with E-state index in [0.29, 0.717) is 12.6 Å². The zero-order chi connectivity index (χ0) is 22.5. The van der Waals surface area contributed by atoms with Crippen molar-refractivity contribution in [1.29, 1.82) is 0 Å². The van der Waals surface area contributed by atoms with Gasteiger partial charge in [0.1, 0.15) is 6.61 Å². The van der Waals surface area contributed by atoms with Crippen LogP contribution < -0.4 is 14.4 Å². The van der Waals surface area contributed by atoms with Crippen LogP contribution in [0.15, 0.2) is 42.5 Å². The zero-order valence-electron chi connectivity index (χ0n) is 19.5. The monoisotopic (exact) mass is 437 g/mol. The Labute approximate surface area is 191 Å². The summed E-state index contributed by atoms with van der Waals surface area (Å²) in [5.74, 6) is 1.73. The number of amides is 1. The first-order chi connectivity index (χ1) is 15.5. The number of benzene rings is 2. The third-order valence-corrected chi connectivity index (χ3v) is 6.72. The highest BCUT2D eigenvalue weighted by Gasteiger charge is 2.24. The van der Waals surface area contributed by atoms with E-state index < -0.39 is 0 Å². The van der Waals surface area contributed by atoms with Gasteiger partial charge >= 0.3 is 0 Å².